The lowest BCUT2D eigenvalue weighted by molar-refractivity contribution is -0.122. The average molecular weight is 481 g/mol. The Hall–Kier alpha value is -3.16. The number of carbonyl (C=O) groups excluding carboxylic acids is 1. The van der Waals surface area contributed by atoms with Crippen LogP contribution < -0.4 is 10.1 Å². The summed E-state index contributed by atoms with van der Waals surface area (Å²) in [5.74, 6) is 0.273. The summed E-state index contributed by atoms with van der Waals surface area (Å²) in [5, 5.41) is 2.92. The molecule has 3 aromatic rings. The largest absolute Gasteiger partial charge is 0.496 e. The lowest BCUT2D eigenvalue weighted by Gasteiger charge is -2.25. The van der Waals surface area contributed by atoms with Crippen LogP contribution in [0.5, 0.6) is 5.75 Å². The molecule has 0 saturated carbocycles. The molecular weight excluding hydrogens is 448 g/mol. The van der Waals surface area contributed by atoms with E-state index in [0.29, 0.717) is 16.9 Å². The van der Waals surface area contributed by atoms with Crippen LogP contribution in [-0.2, 0) is 21.4 Å². The highest BCUT2D eigenvalue weighted by atomic mass is 32.2. The molecule has 1 atom stereocenters. The Kier molecular flexibility index (Phi) is 8.12. The lowest BCUT2D eigenvalue weighted by Crippen LogP contribution is -2.41. The summed E-state index contributed by atoms with van der Waals surface area (Å²) in [5.41, 5.74) is 3.95. The van der Waals surface area contributed by atoms with Gasteiger partial charge in [-0.1, -0.05) is 66.2 Å². The van der Waals surface area contributed by atoms with Crippen molar-refractivity contribution in [3.63, 3.8) is 0 Å². The Labute approximate surface area is 202 Å². The number of para-hydroxylation sites is 1. The molecule has 0 aliphatic carbocycles. The van der Waals surface area contributed by atoms with Crippen molar-refractivity contribution in [3.8, 4) is 5.75 Å². The quantitative estimate of drug-likeness (QED) is 0.482. The van der Waals surface area contributed by atoms with Crippen molar-refractivity contribution in [1.29, 1.82) is 0 Å². The van der Waals surface area contributed by atoms with Crippen molar-refractivity contribution in [3.05, 3.63) is 94.5 Å². The molecule has 0 bridgehead atoms. The maximum Gasteiger partial charge on any atom is 0.244 e. The number of nitrogens with one attached hydrogen (secondary N) is 1. The van der Waals surface area contributed by atoms with Crippen LogP contribution >= 0.6 is 0 Å². The zero-order chi connectivity index (χ0) is 24.9. The van der Waals surface area contributed by atoms with Crippen molar-refractivity contribution in [2.75, 3.05) is 13.7 Å². The summed E-state index contributed by atoms with van der Waals surface area (Å²) in [7, 11) is -2.36. The first-order valence-corrected chi connectivity index (χ1v) is 12.6. The zero-order valence-electron chi connectivity index (χ0n) is 20.3. The third-order valence-corrected chi connectivity index (χ3v) is 7.81. The summed E-state index contributed by atoms with van der Waals surface area (Å²) in [6.45, 7) is 7.15. The summed E-state index contributed by atoms with van der Waals surface area (Å²) in [6.07, 6.45) is 0. The first kappa shape index (κ1) is 25.5. The second kappa shape index (κ2) is 10.8. The third kappa shape index (κ3) is 5.85. The molecule has 0 aliphatic rings. The lowest BCUT2D eigenvalue weighted by atomic mass is 10.1. The van der Waals surface area contributed by atoms with Crippen molar-refractivity contribution < 1.29 is 17.9 Å². The van der Waals surface area contributed by atoms with Gasteiger partial charge in [0.1, 0.15) is 5.75 Å². The van der Waals surface area contributed by atoms with Gasteiger partial charge in [-0.05, 0) is 50.5 Å². The highest BCUT2D eigenvalue weighted by molar-refractivity contribution is 7.89. The smallest absolute Gasteiger partial charge is 0.244 e. The number of sulfonamides is 1. The van der Waals surface area contributed by atoms with Gasteiger partial charge < -0.3 is 10.1 Å². The fourth-order valence-electron chi connectivity index (χ4n) is 4.26. The first-order valence-electron chi connectivity index (χ1n) is 11.2. The molecule has 0 saturated heterocycles. The summed E-state index contributed by atoms with van der Waals surface area (Å²) < 4.78 is 34.3. The van der Waals surface area contributed by atoms with Gasteiger partial charge in [-0.15, -0.1) is 0 Å². The normalized spacial score (nSPS) is 12.4. The van der Waals surface area contributed by atoms with Crippen molar-refractivity contribution >= 4 is 15.9 Å². The van der Waals surface area contributed by atoms with Crippen LogP contribution in [0.1, 0.15) is 40.8 Å². The average Bonchev–Trinajstić information content (AvgIpc) is 2.78. The number of methoxy groups -OCH3 is 1. The molecule has 3 rings (SSSR count). The number of hydrogen-bond acceptors (Lipinski definition) is 4. The van der Waals surface area contributed by atoms with Gasteiger partial charge in [0.2, 0.25) is 15.9 Å². The number of nitrogens with zero attached hydrogens (tertiary/aromatic N) is 1. The molecule has 1 amide bonds. The Bertz CT molecular complexity index is 1230. The van der Waals surface area contributed by atoms with E-state index in [9.17, 15) is 13.2 Å². The highest BCUT2D eigenvalue weighted by Gasteiger charge is 2.30. The van der Waals surface area contributed by atoms with Crippen LogP contribution in [0.25, 0.3) is 0 Å². The molecule has 0 radical (unpaired) electrons. The van der Waals surface area contributed by atoms with Gasteiger partial charge in [-0.2, -0.15) is 4.31 Å². The molecule has 34 heavy (non-hydrogen) atoms. The standard InChI is InChI=1S/C27H32N2O4S/c1-19-15-20(2)27(21(3)16-19)34(31,32)29(17-23-11-7-6-8-12-23)18-26(30)28-22(4)24-13-9-10-14-25(24)33-5/h6-16,22H,17-18H2,1-5H3,(H,28,30)/t22-/m1/s1. The number of hydrogen-bond donors (Lipinski definition) is 1. The van der Waals surface area contributed by atoms with Crippen molar-refractivity contribution in [2.24, 2.45) is 0 Å². The minimum absolute atomic E-state index is 0.0897. The molecule has 180 valence electrons. The van der Waals surface area contributed by atoms with Gasteiger partial charge in [-0.25, -0.2) is 8.42 Å². The van der Waals surface area contributed by atoms with E-state index < -0.39 is 10.0 Å². The van der Waals surface area contributed by atoms with E-state index in [1.54, 1.807) is 21.0 Å². The SMILES string of the molecule is COc1ccccc1[C@@H](C)NC(=O)CN(Cc1ccccc1)S(=O)(=O)c1c(C)cc(C)cc1C. The van der Waals surface area contributed by atoms with E-state index in [0.717, 1.165) is 16.7 Å². The molecule has 0 unspecified atom stereocenters. The topological polar surface area (TPSA) is 75.7 Å². The first-order chi connectivity index (χ1) is 16.1. The van der Waals surface area contributed by atoms with Gasteiger partial charge in [0.25, 0.3) is 0 Å². The van der Waals surface area contributed by atoms with Crippen LogP contribution in [0, 0.1) is 20.8 Å². The van der Waals surface area contributed by atoms with Crippen LogP contribution in [0.3, 0.4) is 0 Å². The number of benzene rings is 3. The Morgan fingerprint density at radius 1 is 0.971 bits per heavy atom. The van der Waals surface area contributed by atoms with E-state index >= 15 is 0 Å². The Balaban J connectivity index is 1.91. The van der Waals surface area contributed by atoms with Gasteiger partial charge >= 0.3 is 0 Å². The van der Waals surface area contributed by atoms with Crippen LogP contribution in [0.2, 0.25) is 0 Å². The molecule has 0 spiro atoms. The summed E-state index contributed by atoms with van der Waals surface area (Å²) >= 11 is 0. The number of amides is 1. The van der Waals surface area contributed by atoms with Crippen molar-refractivity contribution in [2.45, 2.75) is 45.2 Å². The van der Waals surface area contributed by atoms with Gasteiger partial charge in [0.05, 0.1) is 24.6 Å². The van der Waals surface area contributed by atoms with Crippen LogP contribution in [0.4, 0.5) is 0 Å². The number of ether oxygens (including phenoxy) is 1. The molecule has 0 heterocycles. The fraction of sp³-hybridized carbons (Fsp3) is 0.296. The number of carbonyl (C=O) groups is 1. The highest BCUT2D eigenvalue weighted by Crippen LogP contribution is 2.27. The molecule has 0 aliphatic heterocycles. The Morgan fingerprint density at radius 2 is 1.56 bits per heavy atom. The summed E-state index contributed by atoms with van der Waals surface area (Å²) in [4.78, 5) is 13.3. The molecule has 0 aromatic heterocycles. The number of rotatable bonds is 9. The number of aryl methyl sites for hydroxylation is 3. The third-order valence-electron chi connectivity index (χ3n) is 5.71. The maximum atomic E-state index is 13.8. The van der Waals surface area contributed by atoms with Crippen LogP contribution in [-0.4, -0.2) is 32.3 Å². The fourth-order valence-corrected chi connectivity index (χ4v) is 6.06. The predicted molar refractivity (Wildman–Crippen MR) is 134 cm³/mol. The predicted octanol–water partition coefficient (Wildman–Crippen LogP) is 4.69. The van der Waals surface area contributed by atoms with Crippen LogP contribution in [0.15, 0.2) is 71.6 Å². The van der Waals surface area contributed by atoms with Crippen molar-refractivity contribution in [1.82, 2.24) is 9.62 Å². The minimum Gasteiger partial charge on any atom is -0.496 e. The molecule has 1 N–H and O–H groups in total. The molecule has 0 fully saturated rings. The van der Waals surface area contributed by atoms with E-state index in [-0.39, 0.29) is 29.9 Å². The van der Waals surface area contributed by atoms with E-state index in [1.807, 2.05) is 80.6 Å². The second-order valence-corrected chi connectivity index (χ2v) is 10.4. The monoisotopic (exact) mass is 480 g/mol. The Morgan fingerprint density at radius 3 is 2.18 bits per heavy atom. The molecule has 7 heteroatoms. The van der Waals surface area contributed by atoms with E-state index in [1.165, 1.54) is 4.31 Å². The van der Waals surface area contributed by atoms with Gasteiger partial charge in [0.15, 0.2) is 0 Å². The molecule has 3 aromatic carbocycles. The minimum atomic E-state index is -3.94. The second-order valence-electron chi connectivity index (χ2n) is 8.52. The molecule has 6 nitrogen and oxygen atoms in total. The molecular formula is C27H32N2O4S. The van der Waals surface area contributed by atoms with E-state index in [4.69, 9.17) is 4.74 Å². The van der Waals surface area contributed by atoms with Gasteiger partial charge in [-0.3, -0.25) is 4.79 Å². The van der Waals surface area contributed by atoms with E-state index in [2.05, 4.69) is 5.32 Å². The zero-order valence-corrected chi connectivity index (χ0v) is 21.1. The summed E-state index contributed by atoms with van der Waals surface area (Å²) in [6, 6.07) is 20.1. The maximum absolute atomic E-state index is 13.8. The van der Waals surface area contributed by atoms with Gasteiger partial charge in [0, 0.05) is 12.1 Å².